The highest BCUT2D eigenvalue weighted by molar-refractivity contribution is 6.31. The lowest BCUT2D eigenvalue weighted by Gasteiger charge is -2.13. The summed E-state index contributed by atoms with van der Waals surface area (Å²) >= 11 is 12.7. The van der Waals surface area contributed by atoms with E-state index < -0.39 is 5.97 Å². The molecule has 0 aromatic heterocycles. The molecule has 1 aliphatic rings. The van der Waals surface area contributed by atoms with Gasteiger partial charge in [-0.15, -0.1) is 0 Å². The first-order valence-electron chi connectivity index (χ1n) is 10.6. The molecular weight excluding hydrogens is 479 g/mol. The number of carbonyl (C=O) groups excluding carboxylic acids is 1. The molecule has 0 saturated carbocycles. The molecule has 1 N–H and O–H groups in total. The van der Waals surface area contributed by atoms with Crippen molar-refractivity contribution in [2.24, 2.45) is 0 Å². The predicted octanol–water partition coefficient (Wildman–Crippen LogP) is 6.17. The molecule has 1 aliphatic heterocycles. The Hall–Kier alpha value is -3.35. The molecule has 0 fully saturated rings. The van der Waals surface area contributed by atoms with Crippen molar-refractivity contribution in [2.75, 3.05) is 13.4 Å². The van der Waals surface area contributed by atoms with Crippen LogP contribution in [0, 0.1) is 0 Å². The van der Waals surface area contributed by atoms with Gasteiger partial charge >= 0.3 is 5.97 Å². The third-order valence-electron chi connectivity index (χ3n) is 5.15. The monoisotopic (exact) mass is 500 g/mol. The zero-order chi connectivity index (χ0) is 24.1. The minimum atomic E-state index is -0.423. The van der Waals surface area contributed by atoms with Crippen LogP contribution in [0.3, 0.4) is 0 Å². The summed E-state index contributed by atoms with van der Waals surface area (Å²) in [4.78, 5) is 11.8. The Morgan fingerprint density at radius 3 is 2.59 bits per heavy atom. The molecule has 0 amide bonds. The molecule has 1 heterocycles. The van der Waals surface area contributed by atoms with Gasteiger partial charge in [0.05, 0.1) is 6.61 Å². The van der Waals surface area contributed by atoms with Crippen LogP contribution < -0.4 is 14.2 Å². The largest absolute Gasteiger partial charge is 0.508 e. The van der Waals surface area contributed by atoms with Crippen molar-refractivity contribution in [3.63, 3.8) is 0 Å². The molecule has 0 radical (unpaired) electrons. The molecule has 4 rings (SSSR count). The minimum Gasteiger partial charge on any atom is -0.508 e. The van der Waals surface area contributed by atoms with Gasteiger partial charge in [-0.05, 0) is 72.5 Å². The second-order valence-electron chi connectivity index (χ2n) is 7.48. The summed E-state index contributed by atoms with van der Waals surface area (Å²) in [5.41, 5.74) is 3.18. The second kappa shape index (κ2) is 10.7. The molecule has 0 atom stereocenters. The van der Waals surface area contributed by atoms with Gasteiger partial charge in [0, 0.05) is 27.8 Å². The number of fused-ring (bicyclic) bond motifs is 1. The molecule has 8 heteroatoms. The number of hydrogen-bond acceptors (Lipinski definition) is 6. The zero-order valence-electron chi connectivity index (χ0n) is 18.3. The fraction of sp³-hybridized carbons (Fsp3) is 0.192. The van der Waals surface area contributed by atoms with E-state index in [-0.39, 0.29) is 19.1 Å². The Balaban J connectivity index is 1.62. The van der Waals surface area contributed by atoms with Gasteiger partial charge in [0.15, 0.2) is 11.5 Å². The summed E-state index contributed by atoms with van der Waals surface area (Å²) in [7, 11) is 0. The standard InChI is InChI=1S/C26H22Cl2O6/c1-2-31-26(30)8-4-16-3-6-21(32-14-19-10-20(29)5-7-22(19)27)11-17(16)9-18-12-24-25(13-23(18)28)34-15-33-24/h3-8,10-13,29H,2,9,14-15H2,1H3/b8-4+. The first-order chi connectivity index (χ1) is 16.4. The van der Waals surface area contributed by atoms with E-state index in [1.165, 1.54) is 12.1 Å². The Kier molecular flexibility index (Phi) is 7.50. The number of phenols is 1. The van der Waals surface area contributed by atoms with E-state index in [4.69, 9.17) is 42.1 Å². The summed E-state index contributed by atoms with van der Waals surface area (Å²) in [5.74, 6) is 1.53. The maximum atomic E-state index is 11.8. The zero-order valence-corrected chi connectivity index (χ0v) is 19.9. The maximum absolute atomic E-state index is 11.8. The highest BCUT2D eigenvalue weighted by atomic mass is 35.5. The van der Waals surface area contributed by atoms with Gasteiger partial charge < -0.3 is 24.1 Å². The van der Waals surface area contributed by atoms with Crippen molar-refractivity contribution >= 4 is 35.2 Å². The molecule has 0 spiro atoms. The van der Waals surface area contributed by atoms with E-state index >= 15 is 0 Å². The van der Waals surface area contributed by atoms with Gasteiger partial charge in [-0.1, -0.05) is 29.3 Å². The second-order valence-corrected chi connectivity index (χ2v) is 8.30. The summed E-state index contributed by atoms with van der Waals surface area (Å²) < 4.78 is 21.8. The van der Waals surface area contributed by atoms with Crippen molar-refractivity contribution in [1.82, 2.24) is 0 Å². The molecule has 34 heavy (non-hydrogen) atoms. The number of carbonyl (C=O) groups is 1. The van der Waals surface area contributed by atoms with Crippen LogP contribution in [0.4, 0.5) is 0 Å². The van der Waals surface area contributed by atoms with Crippen molar-refractivity contribution in [3.05, 3.63) is 86.9 Å². The van der Waals surface area contributed by atoms with Crippen LogP contribution in [-0.2, 0) is 22.6 Å². The third-order valence-corrected chi connectivity index (χ3v) is 5.87. The van der Waals surface area contributed by atoms with Crippen molar-refractivity contribution in [2.45, 2.75) is 20.0 Å². The lowest BCUT2D eigenvalue weighted by atomic mass is 9.98. The van der Waals surface area contributed by atoms with Crippen molar-refractivity contribution in [3.8, 4) is 23.0 Å². The average molecular weight is 501 g/mol. The van der Waals surface area contributed by atoms with Crippen molar-refractivity contribution < 1.29 is 28.8 Å². The van der Waals surface area contributed by atoms with Crippen LogP contribution in [0.25, 0.3) is 6.08 Å². The first kappa shape index (κ1) is 23.8. The lowest BCUT2D eigenvalue weighted by Crippen LogP contribution is -2.01. The Labute approximate surface area is 207 Å². The number of halogens is 2. The quantitative estimate of drug-likeness (QED) is 0.294. The van der Waals surface area contributed by atoms with Gasteiger partial charge in [-0.2, -0.15) is 0 Å². The van der Waals surface area contributed by atoms with Gasteiger partial charge in [-0.3, -0.25) is 0 Å². The normalized spacial score (nSPS) is 12.2. The lowest BCUT2D eigenvalue weighted by molar-refractivity contribution is -0.137. The number of rotatable bonds is 8. The van der Waals surface area contributed by atoms with Crippen LogP contribution in [0.1, 0.15) is 29.2 Å². The Morgan fingerprint density at radius 1 is 1.00 bits per heavy atom. The SMILES string of the molecule is CCOC(=O)/C=C/c1ccc(OCc2cc(O)ccc2Cl)cc1Cc1cc2c(cc1Cl)OCO2. The minimum absolute atomic E-state index is 0.112. The van der Waals surface area contributed by atoms with Crippen LogP contribution >= 0.6 is 23.2 Å². The van der Waals surface area contributed by atoms with Gasteiger partial charge in [0.1, 0.15) is 18.1 Å². The fourth-order valence-corrected chi connectivity index (χ4v) is 3.86. The van der Waals surface area contributed by atoms with Crippen LogP contribution in [0.15, 0.2) is 54.6 Å². The van der Waals surface area contributed by atoms with E-state index in [9.17, 15) is 9.90 Å². The Morgan fingerprint density at radius 2 is 1.79 bits per heavy atom. The third kappa shape index (κ3) is 5.76. The van der Waals surface area contributed by atoms with Crippen LogP contribution in [0.5, 0.6) is 23.0 Å². The summed E-state index contributed by atoms with van der Waals surface area (Å²) in [6.07, 6.45) is 3.54. The molecular formula is C26H22Cl2O6. The number of phenolic OH excluding ortho intramolecular Hbond substituents is 1. The topological polar surface area (TPSA) is 74.2 Å². The molecule has 0 bridgehead atoms. The van der Waals surface area contributed by atoms with E-state index in [2.05, 4.69) is 0 Å². The Bertz CT molecular complexity index is 1240. The molecule has 6 nitrogen and oxygen atoms in total. The molecule has 0 unspecified atom stereocenters. The van der Waals surface area contributed by atoms with Gasteiger partial charge in [0.25, 0.3) is 0 Å². The summed E-state index contributed by atoms with van der Waals surface area (Å²) in [6.45, 7) is 2.38. The number of hydrogen-bond donors (Lipinski definition) is 1. The van der Waals surface area contributed by atoms with E-state index in [0.29, 0.717) is 45.9 Å². The van der Waals surface area contributed by atoms with Gasteiger partial charge in [-0.25, -0.2) is 4.79 Å². The number of aromatic hydroxyl groups is 1. The predicted molar refractivity (Wildman–Crippen MR) is 130 cm³/mol. The molecule has 0 aliphatic carbocycles. The molecule has 0 saturated heterocycles. The number of benzene rings is 3. The average Bonchev–Trinajstić information content (AvgIpc) is 3.26. The summed E-state index contributed by atoms with van der Waals surface area (Å²) in [6, 6.07) is 13.8. The van der Waals surface area contributed by atoms with Gasteiger partial charge in [0.2, 0.25) is 6.79 Å². The highest BCUT2D eigenvalue weighted by Crippen LogP contribution is 2.38. The maximum Gasteiger partial charge on any atom is 0.330 e. The first-order valence-corrected chi connectivity index (χ1v) is 11.3. The van der Waals surface area contributed by atoms with E-state index in [0.717, 1.165) is 16.7 Å². The molecule has 3 aromatic rings. The van der Waals surface area contributed by atoms with Crippen LogP contribution in [0.2, 0.25) is 10.0 Å². The van der Waals surface area contributed by atoms with E-state index in [1.807, 2.05) is 18.2 Å². The number of ether oxygens (including phenoxy) is 4. The van der Waals surface area contributed by atoms with Crippen LogP contribution in [-0.4, -0.2) is 24.5 Å². The fourth-order valence-electron chi connectivity index (χ4n) is 3.47. The highest BCUT2D eigenvalue weighted by Gasteiger charge is 2.17. The van der Waals surface area contributed by atoms with E-state index in [1.54, 1.807) is 37.3 Å². The smallest absolute Gasteiger partial charge is 0.330 e. The molecule has 176 valence electrons. The molecule has 3 aromatic carbocycles. The van der Waals surface area contributed by atoms with Crippen molar-refractivity contribution in [1.29, 1.82) is 0 Å². The summed E-state index contributed by atoms with van der Waals surface area (Å²) in [5, 5.41) is 10.8. The number of esters is 1.